The highest BCUT2D eigenvalue weighted by Crippen LogP contribution is 2.24. The molecule has 0 aliphatic heterocycles. The Kier molecular flexibility index (Phi) is 9.37. The van der Waals surface area contributed by atoms with Crippen LogP contribution >= 0.6 is 11.6 Å². The maximum Gasteiger partial charge on any atom is 0.335 e. The number of halogens is 1. The van der Waals surface area contributed by atoms with Gasteiger partial charge in [0.1, 0.15) is 0 Å². The first-order chi connectivity index (χ1) is 15.3. The Morgan fingerprint density at radius 1 is 1.00 bits per heavy atom. The molecular formula is C20H23ClN2O8S2. The van der Waals surface area contributed by atoms with Crippen molar-refractivity contribution in [2.75, 3.05) is 43.7 Å². The topological polar surface area (TPSA) is 140 Å². The fourth-order valence-corrected chi connectivity index (χ4v) is 3.60. The monoisotopic (exact) mass is 518 g/mol. The number of nitrogens with zero attached hydrogens (tertiary/aromatic N) is 2. The van der Waals surface area contributed by atoms with Gasteiger partial charge in [-0.1, -0.05) is 11.6 Å². The first-order valence-electron chi connectivity index (χ1n) is 9.45. The van der Waals surface area contributed by atoms with Crippen molar-refractivity contribution in [3.8, 4) is 0 Å². The van der Waals surface area contributed by atoms with Gasteiger partial charge in [0, 0.05) is 30.6 Å². The molecular weight excluding hydrogens is 496 g/mol. The molecule has 0 saturated carbocycles. The smallest absolute Gasteiger partial charge is 0.335 e. The van der Waals surface area contributed by atoms with Gasteiger partial charge < -0.3 is 10.0 Å². The summed E-state index contributed by atoms with van der Waals surface area (Å²) in [6.45, 7) is -0.0183. The van der Waals surface area contributed by atoms with Gasteiger partial charge in [-0.25, -0.2) is 4.79 Å². The van der Waals surface area contributed by atoms with Crippen LogP contribution in [0.2, 0.25) is 5.02 Å². The number of aromatic carboxylic acids is 1. The van der Waals surface area contributed by atoms with Crippen LogP contribution in [-0.4, -0.2) is 72.9 Å². The van der Waals surface area contributed by atoms with Crippen LogP contribution in [0.3, 0.4) is 0 Å². The maximum absolute atomic E-state index is 11.2. The standard InChI is InChI=1S/C20H23ClN2O8S2/c1-32(26,27)30-11-9-23(10-12-31-33(2,28)29)18-8-5-16(19(21)13-18)14-22-17-6-3-15(4-7-17)20(24)25/h3-8,13-14H,9-12H2,1-2H3,(H,24,25). The molecule has 0 fully saturated rings. The van der Waals surface area contributed by atoms with E-state index in [1.54, 1.807) is 35.2 Å². The van der Waals surface area contributed by atoms with Gasteiger partial charge in [0.15, 0.2) is 0 Å². The molecule has 0 unspecified atom stereocenters. The number of rotatable bonds is 12. The normalized spacial score (nSPS) is 12.2. The van der Waals surface area contributed by atoms with E-state index in [0.29, 0.717) is 22.0 Å². The second kappa shape index (κ2) is 11.6. The minimum absolute atomic E-state index is 0.139. The van der Waals surface area contributed by atoms with E-state index in [4.69, 9.17) is 25.1 Å². The Bertz CT molecular complexity index is 1180. The Hall–Kier alpha value is -2.51. The third-order valence-corrected chi connectivity index (χ3v) is 5.65. The summed E-state index contributed by atoms with van der Waals surface area (Å²) in [5, 5.41) is 9.29. The zero-order valence-electron chi connectivity index (χ0n) is 17.8. The van der Waals surface area contributed by atoms with Gasteiger partial charge in [0.2, 0.25) is 0 Å². The van der Waals surface area contributed by atoms with Crippen LogP contribution in [-0.2, 0) is 28.6 Å². The molecule has 10 nitrogen and oxygen atoms in total. The molecule has 2 aromatic carbocycles. The van der Waals surface area contributed by atoms with Gasteiger partial charge in [-0.2, -0.15) is 16.8 Å². The van der Waals surface area contributed by atoms with Gasteiger partial charge in [0.05, 0.1) is 42.0 Å². The van der Waals surface area contributed by atoms with E-state index in [1.165, 1.54) is 18.3 Å². The lowest BCUT2D eigenvalue weighted by atomic mass is 10.2. The number of carboxylic acids is 1. The summed E-state index contributed by atoms with van der Waals surface area (Å²) in [6.07, 6.45) is 3.39. The Labute approximate surface area is 197 Å². The van der Waals surface area contributed by atoms with Crippen LogP contribution in [0.4, 0.5) is 11.4 Å². The predicted octanol–water partition coefficient (Wildman–Crippen LogP) is 2.55. The van der Waals surface area contributed by atoms with Crippen molar-refractivity contribution in [3.63, 3.8) is 0 Å². The highest BCUT2D eigenvalue weighted by atomic mass is 35.5. The van der Waals surface area contributed by atoms with E-state index in [9.17, 15) is 21.6 Å². The minimum Gasteiger partial charge on any atom is -0.478 e. The Morgan fingerprint density at radius 3 is 2.00 bits per heavy atom. The van der Waals surface area contributed by atoms with E-state index in [2.05, 4.69) is 4.99 Å². The van der Waals surface area contributed by atoms with E-state index >= 15 is 0 Å². The summed E-state index contributed by atoms with van der Waals surface area (Å²) in [5.74, 6) is -1.03. The highest BCUT2D eigenvalue weighted by Gasteiger charge is 2.12. The lowest BCUT2D eigenvalue weighted by Crippen LogP contribution is -2.32. The molecule has 1 N–H and O–H groups in total. The highest BCUT2D eigenvalue weighted by molar-refractivity contribution is 7.86. The second-order valence-corrected chi connectivity index (χ2v) is 10.6. The third kappa shape index (κ3) is 9.88. The van der Waals surface area contributed by atoms with E-state index < -0.39 is 26.2 Å². The molecule has 0 heterocycles. The molecule has 0 amide bonds. The quantitative estimate of drug-likeness (QED) is 0.331. The van der Waals surface area contributed by atoms with Gasteiger partial charge in [-0.15, -0.1) is 0 Å². The van der Waals surface area contributed by atoms with Crippen molar-refractivity contribution in [3.05, 3.63) is 58.6 Å². The fraction of sp³-hybridized carbons (Fsp3) is 0.300. The molecule has 0 spiro atoms. The van der Waals surface area contributed by atoms with Gasteiger partial charge in [0.25, 0.3) is 20.2 Å². The number of hydrogen-bond donors (Lipinski definition) is 1. The van der Waals surface area contributed by atoms with Crippen molar-refractivity contribution in [1.29, 1.82) is 0 Å². The molecule has 0 bridgehead atoms. The first-order valence-corrected chi connectivity index (χ1v) is 13.5. The number of benzene rings is 2. The van der Waals surface area contributed by atoms with Crippen LogP contribution in [0.15, 0.2) is 47.5 Å². The molecule has 13 heteroatoms. The molecule has 0 aromatic heterocycles. The molecule has 2 rings (SSSR count). The van der Waals surface area contributed by atoms with Crippen molar-refractivity contribution >= 4 is 55.4 Å². The van der Waals surface area contributed by atoms with Crippen LogP contribution in [0.5, 0.6) is 0 Å². The summed E-state index contributed by atoms with van der Waals surface area (Å²) in [6, 6.07) is 11.0. The largest absolute Gasteiger partial charge is 0.478 e. The van der Waals surface area contributed by atoms with Crippen LogP contribution in [0.1, 0.15) is 15.9 Å². The average Bonchev–Trinajstić information content (AvgIpc) is 2.70. The van der Waals surface area contributed by atoms with Gasteiger partial charge in [-0.3, -0.25) is 13.4 Å². The summed E-state index contributed by atoms with van der Waals surface area (Å²) < 4.78 is 54.4. The summed E-state index contributed by atoms with van der Waals surface area (Å²) in [5.41, 5.74) is 1.87. The predicted molar refractivity (Wildman–Crippen MR) is 126 cm³/mol. The Balaban J connectivity index is 2.16. The van der Waals surface area contributed by atoms with E-state index in [0.717, 1.165) is 12.5 Å². The molecule has 0 radical (unpaired) electrons. The third-order valence-electron chi connectivity index (χ3n) is 4.13. The molecule has 0 aliphatic rings. The van der Waals surface area contributed by atoms with E-state index in [1.807, 2.05) is 0 Å². The second-order valence-electron chi connectivity index (χ2n) is 6.86. The summed E-state index contributed by atoms with van der Waals surface area (Å²) in [4.78, 5) is 16.9. The molecule has 0 aliphatic carbocycles. The molecule has 0 atom stereocenters. The molecule has 0 saturated heterocycles. The van der Waals surface area contributed by atoms with Crippen LogP contribution in [0.25, 0.3) is 0 Å². The number of anilines is 1. The number of carbonyl (C=O) groups is 1. The van der Waals surface area contributed by atoms with Crippen molar-refractivity contribution in [2.24, 2.45) is 4.99 Å². The van der Waals surface area contributed by atoms with Crippen molar-refractivity contribution in [2.45, 2.75) is 0 Å². The first kappa shape index (κ1) is 26.7. The van der Waals surface area contributed by atoms with Crippen molar-refractivity contribution in [1.82, 2.24) is 0 Å². The van der Waals surface area contributed by atoms with Gasteiger partial charge in [-0.05, 0) is 42.5 Å². The Morgan fingerprint density at radius 2 is 1.55 bits per heavy atom. The molecule has 2 aromatic rings. The van der Waals surface area contributed by atoms with Gasteiger partial charge >= 0.3 is 5.97 Å². The lowest BCUT2D eigenvalue weighted by molar-refractivity contribution is 0.0697. The fourth-order valence-electron chi connectivity index (χ4n) is 2.62. The summed E-state index contributed by atoms with van der Waals surface area (Å²) in [7, 11) is -7.26. The molecule has 180 valence electrons. The lowest BCUT2D eigenvalue weighted by Gasteiger charge is -2.24. The zero-order chi connectivity index (χ0) is 24.6. The number of hydrogen-bond acceptors (Lipinski definition) is 9. The van der Waals surface area contributed by atoms with Crippen molar-refractivity contribution < 1.29 is 35.1 Å². The number of carboxylic acid groups (broad SMARTS) is 1. The van der Waals surface area contributed by atoms with E-state index in [-0.39, 0.29) is 31.9 Å². The van der Waals surface area contributed by atoms with Crippen LogP contribution < -0.4 is 4.90 Å². The average molecular weight is 519 g/mol. The summed E-state index contributed by atoms with van der Waals surface area (Å²) >= 11 is 6.37. The maximum atomic E-state index is 11.2. The zero-order valence-corrected chi connectivity index (χ0v) is 20.2. The number of aliphatic imine (C=N–C) groups is 1. The minimum atomic E-state index is -3.63. The van der Waals surface area contributed by atoms with Crippen LogP contribution in [0, 0.1) is 0 Å². The molecule has 33 heavy (non-hydrogen) atoms. The SMILES string of the molecule is CS(=O)(=O)OCCN(CCOS(C)(=O)=O)c1ccc(C=Nc2ccc(C(=O)O)cc2)c(Cl)c1.